The summed E-state index contributed by atoms with van der Waals surface area (Å²) in [6.07, 6.45) is 4.02. The van der Waals surface area contributed by atoms with Crippen LogP contribution in [0.3, 0.4) is 0 Å². The normalized spacial score (nSPS) is 22.8. The van der Waals surface area contributed by atoms with E-state index in [1.807, 2.05) is 31.1 Å². The second kappa shape index (κ2) is 8.42. The summed E-state index contributed by atoms with van der Waals surface area (Å²) in [5, 5.41) is 2.61. The second-order valence-corrected chi connectivity index (χ2v) is 13.4. The minimum Gasteiger partial charge on any atom is -0.444 e. The van der Waals surface area contributed by atoms with Gasteiger partial charge in [-0.2, -0.15) is 9.29 Å². The predicted molar refractivity (Wildman–Crippen MR) is 136 cm³/mol. The first-order valence-corrected chi connectivity index (χ1v) is 14.5. The number of nitrogens with zero attached hydrogens (tertiary/aromatic N) is 5. The molecule has 36 heavy (non-hydrogen) atoms. The monoisotopic (exact) mass is 531 g/mol. The minimum absolute atomic E-state index is 0.000140. The molecule has 192 valence electrons. The van der Waals surface area contributed by atoms with Crippen LogP contribution in [0.15, 0.2) is 33.0 Å². The number of carbonyl (C=O) groups is 1. The van der Waals surface area contributed by atoms with E-state index < -0.39 is 15.6 Å². The number of benzene rings is 1. The molecule has 3 aromatic rings. The van der Waals surface area contributed by atoms with Crippen LogP contribution >= 0.6 is 11.3 Å². The number of amides is 1. The van der Waals surface area contributed by atoms with E-state index in [-0.39, 0.29) is 23.1 Å². The predicted octanol–water partition coefficient (Wildman–Crippen LogP) is 3.93. The summed E-state index contributed by atoms with van der Waals surface area (Å²) < 4.78 is 40.3. The average Bonchev–Trinajstić information content (AvgIpc) is 3.59. The van der Waals surface area contributed by atoms with Gasteiger partial charge in [-0.15, -0.1) is 11.3 Å². The van der Waals surface area contributed by atoms with E-state index in [4.69, 9.17) is 14.1 Å². The lowest BCUT2D eigenvalue weighted by Gasteiger charge is -2.55. The zero-order valence-electron chi connectivity index (χ0n) is 20.5. The first-order valence-electron chi connectivity index (χ1n) is 12.2. The van der Waals surface area contributed by atoms with E-state index in [1.54, 1.807) is 23.2 Å². The summed E-state index contributed by atoms with van der Waals surface area (Å²) in [5.41, 5.74) is 0.915. The van der Waals surface area contributed by atoms with Gasteiger partial charge in [-0.05, 0) is 52.2 Å². The van der Waals surface area contributed by atoms with Gasteiger partial charge in [0, 0.05) is 37.8 Å². The van der Waals surface area contributed by atoms with Crippen molar-refractivity contribution in [3.8, 4) is 10.6 Å². The zero-order chi connectivity index (χ0) is 25.2. The zero-order valence-corrected chi connectivity index (χ0v) is 22.1. The van der Waals surface area contributed by atoms with E-state index in [2.05, 4.69) is 4.98 Å². The largest absolute Gasteiger partial charge is 0.444 e. The van der Waals surface area contributed by atoms with Crippen molar-refractivity contribution in [3.05, 3.63) is 23.7 Å². The van der Waals surface area contributed by atoms with Crippen LogP contribution in [0.25, 0.3) is 21.7 Å². The van der Waals surface area contributed by atoms with Crippen LogP contribution in [0.5, 0.6) is 0 Å². The summed E-state index contributed by atoms with van der Waals surface area (Å²) >= 11 is 1.46. The molecule has 10 nitrogen and oxygen atoms in total. The SMILES string of the molecule is CC(C)(C)OC(=O)N1C2CC1CN(c1nc3c(S(=O)(=O)N4CCCC4)ccc(-c4nccs4)c3o1)C2. The van der Waals surface area contributed by atoms with Crippen molar-refractivity contribution in [1.82, 2.24) is 19.2 Å². The van der Waals surface area contributed by atoms with Crippen molar-refractivity contribution in [2.45, 2.75) is 62.6 Å². The van der Waals surface area contributed by atoms with Crippen LogP contribution in [0.2, 0.25) is 0 Å². The highest BCUT2D eigenvalue weighted by atomic mass is 32.2. The molecule has 7 rings (SSSR count). The van der Waals surface area contributed by atoms with Gasteiger partial charge in [0.1, 0.15) is 21.0 Å². The second-order valence-electron chi connectivity index (χ2n) is 10.6. The van der Waals surface area contributed by atoms with E-state index >= 15 is 0 Å². The highest BCUT2D eigenvalue weighted by Crippen LogP contribution is 2.40. The molecule has 2 unspecified atom stereocenters. The summed E-state index contributed by atoms with van der Waals surface area (Å²) in [5.74, 6) is 0. The molecule has 1 aromatic carbocycles. The van der Waals surface area contributed by atoms with Crippen LogP contribution in [0.4, 0.5) is 10.8 Å². The Morgan fingerprint density at radius 2 is 1.89 bits per heavy atom. The number of anilines is 1. The number of hydrogen-bond donors (Lipinski definition) is 0. The third kappa shape index (κ3) is 3.95. The smallest absolute Gasteiger partial charge is 0.410 e. The molecule has 0 spiro atoms. The van der Waals surface area contributed by atoms with Crippen molar-refractivity contribution >= 4 is 44.6 Å². The van der Waals surface area contributed by atoms with Crippen LogP contribution in [-0.2, 0) is 14.8 Å². The lowest BCUT2D eigenvalue weighted by Crippen LogP contribution is -2.70. The number of sulfonamides is 1. The maximum absolute atomic E-state index is 13.5. The number of fused-ring (bicyclic) bond motifs is 3. The molecule has 2 aromatic heterocycles. The molecule has 6 heterocycles. The summed E-state index contributed by atoms with van der Waals surface area (Å²) in [7, 11) is -3.70. The van der Waals surface area contributed by atoms with Crippen LogP contribution < -0.4 is 4.90 Å². The number of carbonyl (C=O) groups excluding carboxylic acids is 1. The fourth-order valence-corrected chi connectivity index (χ4v) is 7.59. The molecule has 2 bridgehead atoms. The van der Waals surface area contributed by atoms with E-state index in [9.17, 15) is 13.2 Å². The highest BCUT2D eigenvalue weighted by Gasteiger charge is 2.49. The Morgan fingerprint density at radius 3 is 2.53 bits per heavy atom. The van der Waals surface area contributed by atoms with Crippen molar-refractivity contribution in [1.29, 1.82) is 0 Å². The van der Waals surface area contributed by atoms with Gasteiger partial charge in [0.15, 0.2) is 5.58 Å². The average molecular weight is 532 g/mol. The molecule has 0 N–H and O–H groups in total. The molecule has 4 fully saturated rings. The molecule has 0 saturated carbocycles. The number of hydrogen-bond acceptors (Lipinski definition) is 9. The first-order chi connectivity index (χ1) is 17.1. The molecule has 2 atom stereocenters. The van der Waals surface area contributed by atoms with Gasteiger partial charge in [0.2, 0.25) is 10.0 Å². The summed E-state index contributed by atoms with van der Waals surface area (Å²) in [6.45, 7) is 7.70. The summed E-state index contributed by atoms with van der Waals surface area (Å²) in [4.78, 5) is 25.8. The fourth-order valence-electron chi connectivity index (χ4n) is 5.29. The standard InChI is InChI=1S/C24H29N5O5S2/c1-24(2,3)34-23(30)29-15-12-16(29)14-27(13-15)22-26-19-18(36(31,32)28-9-4-5-10-28)7-6-17(20(19)33-22)21-25-8-11-35-21/h6-8,11,15-16H,4-5,9-10,12-14H2,1-3H3. The Labute approximate surface area is 213 Å². The number of aromatic nitrogens is 2. The van der Waals surface area contributed by atoms with Crippen molar-refractivity contribution in [2.24, 2.45) is 0 Å². The van der Waals surface area contributed by atoms with Gasteiger partial charge in [0.25, 0.3) is 6.01 Å². The third-order valence-electron chi connectivity index (χ3n) is 6.91. The van der Waals surface area contributed by atoms with Gasteiger partial charge in [0.05, 0.1) is 17.6 Å². The lowest BCUT2D eigenvalue weighted by molar-refractivity contribution is -0.0386. The number of rotatable bonds is 4. The van der Waals surface area contributed by atoms with Gasteiger partial charge in [-0.1, -0.05) is 0 Å². The molecule has 0 aliphatic carbocycles. The molecular formula is C24H29N5O5S2. The summed E-state index contributed by atoms with van der Waals surface area (Å²) in [6, 6.07) is 3.75. The van der Waals surface area contributed by atoms with Crippen LogP contribution in [0, 0.1) is 0 Å². The number of piperazine rings is 1. The number of thiazole rings is 1. The molecule has 4 aliphatic heterocycles. The molecule has 0 radical (unpaired) electrons. The Kier molecular flexibility index (Phi) is 5.54. The van der Waals surface area contributed by atoms with E-state index in [0.717, 1.165) is 29.8 Å². The minimum atomic E-state index is -3.70. The molecule has 4 aliphatic rings. The lowest BCUT2D eigenvalue weighted by atomic mass is 9.88. The van der Waals surface area contributed by atoms with Crippen LogP contribution in [-0.4, -0.2) is 77.5 Å². The van der Waals surface area contributed by atoms with Crippen LogP contribution in [0.1, 0.15) is 40.0 Å². The van der Waals surface area contributed by atoms with Gasteiger partial charge < -0.3 is 14.1 Å². The van der Waals surface area contributed by atoms with Crippen molar-refractivity contribution < 1.29 is 22.4 Å². The Balaban J connectivity index is 1.35. The third-order valence-corrected chi connectivity index (χ3v) is 9.65. The van der Waals surface area contributed by atoms with Crippen molar-refractivity contribution in [3.63, 3.8) is 0 Å². The van der Waals surface area contributed by atoms with Gasteiger partial charge in [-0.25, -0.2) is 18.2 Å². The Hall–Kier alpha value is -2.70. The molecular weight excluding hydrogens is 502 g/mol. The Morgan fingerprint density at radius 1 is 1.17 bits per heavy atom. The maximum atomic E-state index is 13.5. The molecule has 4 saturated heterocycles. The number of ether oxygens (including phenoxy) is 1. The first kappa shape index (κ1) is 23.7. The molecule has 12 heteroatoms. The fraction of sp³-hybridized carbons (Fsp3) is 0.542. The quantitative estimate of drug-likeness (QED) is 0.498. The highest BCUT2D eigenvalue weighted by molar-refractivity contribution is 7.89. The van der Waals surface area contributed by atoms with Gasteiger partial charge in [-0.3, -0.25) is 4.90 Å². The van der Waals surface area contributed by atoms with E-state index in [1.165, 1.54) is 15.6 Å². The van der Waals surface area contributed by atoms with Crippen molar-refractivity contribution in [2.75, 3.05) is 31.1 Å². The number of oxazole rings is 1. The number of piperidine rings is 1. The van der Waals surface area contributed by atoms with Gasteiger partial charge >= 0.3 is 6.09 Å². The maximum Gasteiger partial charge on any atom is 0.410 e. The Bertz CT molecular complexity index is 1390. The molecule has 1 amide bonds. The van der Waals surface area contributed by atoms with E-state index in [0.29, 0.717) is 43.3 Å². The topological polar surface area (TPSA) is 109 Å².